The number of hydrogen-bond donors (Lipinski definition) is 10. The number of unbranched alkanes of at least 4 members (excludes halogenated alkanes) is 2. The Morgan fingerprint density at radius 2 is 1.33 bits per heavy atom. The molecule has 1 heterocycles. The molecule has 4 atom stereocenters. The van der Waals surface area contributed by atoms with E-state index in [1.807, 2.05) is 0 Å². The molecule has 0 radical (unpaired) electrons. The highest BCUT2D eigenvalue weighted by Crippen LogP contribution is 2.06. The van der Waals surface area contributed by atoms with Gasteiger partial charge in [-0.2, -0.15) is 0 Å². The van der Waals surface area contributed by atoms with Gasteiger partial charge in [-0.05, 0) is 58.5 Å². The zero-order valence-corrected chi connectivity index (χ0v) is 24.6. The Labute approximate surface area is 250 Å². The highest BCUT2D eigenvalue weighted by atomic mass is 16.5. The van der Waals surface area contributed by atoms with Crippen LogP contribution < -0.4 is 54.8 Å². The van der Waals surface area contributed by atoms with Crippen molar-refractivity contribution in [3.05, 3.63) is 0 Å². The molecule has 6 amide bonds. The molecule has 1 aliphatic rings. The molecule has 14 N–H and O–H groups in total. The summed E-state index contributed by atoms with van der Waals surface area (Å²) in [5.74, 6) is -4.14. The van der Waals surface area contributed by atoms with Crippen LogP contribution in [0.3, 0.4) is 0 Å². The second kappa shape index (κ2) is 20.8. The van der Waals surface area contributed by atoms with Gasteiger partial charge in [0.15, 0.2) is 5.96 Å². The lowest BCUT2D eigenvalue weighted by Crippen LogP contribution is -2.56. The number of nitrogens with two attached hydrogens (primary N) is 4. The molecule has 1 rings (SSSR count). The number of amides is 6. The van der Waals surface area contributed by atoms with Gasteiger partial charge in [-0.1, -0.05) is 0 Å². The maximum absolute atomic E-state index is 13.3. The number of nitrogens with zero attached hydrogens (tertiary/aromatic N) is 1. The molecule has 18 nitrogen and oxygen atoms in total. The molecule has 18 heteroatoms. The van der Waals surface area contributed by atoms with E-state index in [0.717, 1.165) is 0 Å². The second-order valence-corrected chi connectivity index (χ2v) is 9.93. The summed E-state index contributed by atoms with van der Waals surface area (Å²) in [5, 5.41) is 15.0. The van der Waals surface area contributed by atoms with E-state index >= 15 is 0 Å². The van der Waals surface area contributed by atoms with Gasteiger partial charge in [0.25, 0.3) is 0 Å². The molecule has 0 spiro atoms. The van der Waals surface area contributed by atoms with Crippen LogP contribution in [0, 0.1) is 0 Å². The van der Waals surface area contributed by atoms with Crippen molar-refractivity contribution in [2.75, 3.05) is 39.5 Å². The molecule has 0 aromatic heterocycles. The Morgan fingerprint density at radius 1 is 0.744 bits per heavy atom. The SMILES string of the molecule is C[C@H]1NC(=O)CNC(=O)CNC(=O)[C@H](N=C(N)N)CCOCNC(=O)[C@H](CCCCN)NC(=O)[C@H](CCCCN)NC1=O. The molecule has 1 fully saturated rings. The Bertz CT molecular complexity index is 975. The standard InChI is InChI=1S/C25H47N11O7/c1-15-21(39)34-17(7-3-5-10-27)24(42)35-16(6-2-4-9-26)23(41)32-14-43-11-8-18(36-25(28)29)22(40)31-12-19(37)30-13-20(38)33-15/h15-18H,2-14,26-27H2,1H3,(H,30,37)(H,31,40)(H,32,41)(H,33,38)(H,34,39)(H,35,42)(H4,28,29,36)/t15-,16+,17+,18-/m1/s1. The molecule has 0 unspecified atom stereocenters. The molecular weight excluding hydrogens is 566 g/mol. The van der Waals surface area contributed by atoms with Crippen molar-refractivity contribution in [2.45, 2.75) is 76.0 Å². The second-order valence-electron chi connectivity index (χ2n) is 9.93. The fourth-order valence-corrected chi connectivity index (χ4v) is 3.92. The average molecular weight is 614 g/mol. The van der Waals surface area contributed by atoms with E-state index in [2.05, 4.69) is 36.9 Å². The number of carbonyl (C=O) groups excluding carboxylic acids is 6. The monoisotopic (exact) mass is 613 g/mol. The van der Waals surface area contributed by atoms with Crippen molar-refractivity contribution in [2.24, 2.45) is 27.9 Å². The van der Waals surface area contributed by atoms with Crippen LogP contribution in [-0.2, 0) is 33.5 Å². The minimum Gasteiger partial charge on any atom is -0.370 e. The molecule has 0 aromatic rings. The number of hydrogen-bond acceptors (Lipinski definition) is 10. The number of aliphatic imine (C=N–C) groups is 1. The van der Waals surface area contributed by atoms with Gasteiger partial charge in [0.2, 0.25) is 35.4 Å². The van der Waals surface area contributed by atoms with Crippen molar-refractivity contribution < 1.29 is 33.5 Å². The Hall–Kier alpha value is -4.03. The Kier molecular flexibility index (Phi) is 17.9. The molecule has 43 heavy (non-hydrogen) atoms. The van der Waals surface area contributed by atoms with E-state index in [4.69, 9.17) is 27.7 Å². The van der Waals surface area contributed by atoms with Gasteiger partial charge in [-0.25, -0.2) is 4.99 Å². The predicted molar refractivity (Wildman–Crippen MR) is 156 cm³/mol. The fourth-order valence-electron chi connectivity index (χ4n) is 3.92. The van der Waals surface area contributed by atoms with Crippen LogP contribution in [0.15, 0.2) is 4.99 Å². The van der Waals surface area contributed by atoms with Gasteiger partial charge < -0.3 is 59.6 Å². The van der Waals surface area contributed by atoms with Gasteiger partial charge in [0.1, 0.15) is 30.9 Å². The van der Waals surface area contributed by atoms with Crippen LogP contribution in [0.25, 0.3) is 0 Å². The predicted octanol–water partition coefficient (Wildman–Crippen LogP) is -4.91. The third-order valence-corrected chi connectivity index (χ3v) is 6.29. The summed E-state index contributed by atoms with van der Waals surface area (Å²) in [5.41, 5.74) is 22.0. The highest BCUT2D eigenvalue weighted by Gasteiger charge is 2.28. The smallest absolute Gasteiger partial charge is 0.245 e. The van der Waals surface area contributed by atoms with E-state index in [0.29, 0.717) is 38.8 Å². The Balaban J connectivity index is 3.14. The number of ether oxygens (including phenoxy) is 1. The molecule has 0 aromatic carbocycles. The van der Waals surface area contributed by atoms with Crippen LogP contribution in [0.4, 0.5) is 0 Å². The Morgan fingerprint density at radius 3 is 1.93 bits per heavy atom. The van der Waals surface area contributed by atoms with Crippen LogP contribution in [0.2, 0.25) is 0 Å². The van der Waals surface area contributed by atoms with E-state index in [1.165, 1.54) is 6.92 Å². The summed E-state index contributed by atoms with van der Waals surface area (Å²) in [6, 6.07) is -4.11. The summed E-state index contributed by atoms with van der Waals surface area (Å²) in [6.07, 6.45) is 2.85. The van der Waals surface area contributed by atoms with Crippen molar-refractivity contribution in [1.82, 2.24) is 31.9 Å². The minimum absolute atomic E-state index is 0.0162. The third kappa shape index (κ3) is 15.7. The first-order valence-electron chi connectivity index (χ1n) is 14.3. The lowest BCUT2D eigenvalue weighted by molar-refractivity contribution is -0.134. The molecule has 0 saturated carbocycles. The summed E-state index contributed by atoms with van der Waals surface area (Å²) >= 11 is 0. The first-order chi connectivity index (χ1) is 20.5. The van der Waals surface area contributed by atoms with E-state index < -0.39 is 72.7 Å². The van der Waals surface area contributed by atoms with Crippen molar-refractivity contribution >= 4 is 41.4 Å². The van der Waals surface area contributed by atoms with Gasteiger partial charge in [0.05, 0.1) is 19.7 Å². The summed E-state index contributed by atoms with van der Waals surface area (Å²) in [6.45, 7) is 0.976. The summed E-state index contributed by atoms with van der Waals surface area (Å²) in [7, 11) is 0. The molecular formula is C25H47N11O7. The third-order valence-electron chi connectivity index (χ3n) is 6.29. The van der Waals surface area contributed by atoms with Gasteiger partial charge in [-0.15, -0.1) is 0 Å². The van der Waals surface area contributed by atoms with Crippen LogP contribution >= 0.6 is 0 Å². The fraction of sp³-hybridized carbons (Fsp3) is 0.720. The molecule has 244 valence electrons. The summed E-state index contributed by atoms with van der Waals surface area (Å²) < 4.78 is 5.43. The van der Waals surface area contributed by atoms with E-state index in [1.54, 1.807) is 0 Å². The highest BCUT2D eigenvalue weighted by molar-refractivity contribution is 5.95. The van der Waals surface area contributed by atoms with Gasteiger partial charge >= 0.3 is 0 Å². The maximum atomic E-state index is 13.3. The number of nitrogens with one attached hydrogen (secondary N) is 6. The lowest BCUT2D eigenvalue weighted by atomic mass is 10.1. The first-order valence-corrected chi connectivity index (χ1v) is 14.3. The van der Waals surface area contributed by atoms with E-state index in [-0.39, 0.29) is 38.6 Å². The van der Waals surface area contributed by atoms with Gasteiger partial charge in [0, 0.05) is 6.42 Å². The molecule has 0 aliphatic carbocycles. The zero-order chi connectivity index (χ0) is 32.2. The van der Waals surface area contributed by atoms with Gasteiger partial charge in [-0.3, -0.25) is 28.8 Å². The van der Waals surface area contributed by atoms with Crippen molar-refractivity contribution in [1.29, 1.82) is 0 Å². The van der Waals surface area contributed by atoms with Crippen molar-refractivity contribution in [3.8, 4) is 0 Å². The number of rotatable bonds is 9. The van der Waals surface area contributed by atoms with Crippen LogP contribution in [-0.4, -0.2) is 105 Å². The largest absolute Gasteiger partial charge is 0.370 e. The number of carbonyl (C=O) groups is 6. The van der Waals surface area contributed by atoms with Crippen LogP contribution in [0.5, 0.6) is 0 Å². The quantitative estimate of drug-likeness (QED) is 0.0667. The first kappa shape index (κ1) is 37.0. The topological polar surface area (TPSA) is 300 Å². The molecule has 0 bridgehead atoms. The summed E-state index contributed by atoms with van der Waals surface area (Å²) in [4.78, 5) is 79.9. The van der Waals surface area contributed by atoms with Crippen LogP contribution in [0.1, 0.15) is 51.9 Å². The average Bonchev–Trinajstić information content (AvgIpc) is 2.96. The lowest BCUT2D eigenvalue weighted by Gasteiger charge is -2.24. The molecule has 1 aliphatic heterocycles. The normalized spacial score (nSPS) is 24.1. The number of guanidine groups is 1. The van der Waals surface area contributed by atoms with Crippen molar-refractivity contribution in [3.63, 3.8) is 0 Å². The molecule has 1 saturated heterocycles. The maximum Gasteiger partial charge on any atom is 0.245 e. The van der Waals surface area contributed by atoms with E-state index in [9.17, 15) is 28.8 Å². The zero-order valence-electron chi connectivity index (χ0n) is 24.6. The minimum atomic E-state index is -1.09.